The average molecular weight is 326 g/mol. The highest BCUT2D eigenvalue weighted by atomic mass is 35.5. The molecule has 0 bridgehead atoms. The van der Waals surface area contributed by atoms with Crippen LogP contribution in [0.2, 0.25) is 0 Å². The summed E-state index contributed by atoms with van der Waals surface area (Å²) in [5, 5.41) is 2.75. The Kier molecular flexibility index (Phi) is 11.3. The third-order valence-corrected chi connectivity index (χ3v) is 3.14. The molecule has 0 aromatic heterocycles. The second-order valence-electron chi connectivity index (χ2n) is 5.03. The molecule has 0 spiro atoms. The highest BCUT2D eigenvalue weighted by Crippen LogP contribution is 2.14. The molecule has 22 heavy (non-hydrogen) atoms. The number of hydrogen-bond donors (Lipinski definition) is 1. The largest absolute Gasteiger partial charge is 0.449 e. The van der Waals surface area contributed by atoms with E-state index in [2.05, 4.69) is 11.9 Å². The molecule has 0 heterocycles. The first-order chi connectivity index (χ1) is 10.5. The molecule has 1 unspecified atom stereocenters. The van der Waals surface area contributed by atoms with Crippen molar-refractivity contribution in [1.29, 1.82) is 0 Å². The van der Waals surface area contributed by atoms with Gasteiger partial charge in [-0.3, -0.25) is 5.32 Å². The lowest BCUT2D eigenvalue weighted by molar-refractivity contribution is 0.159. The summed E-state index contributed by atoms with van der Waals surface area (Å²) >= 11 is 6.12. The fourth-order valence-electron chi connectivity index (χ4n) is 1.74. The van der Waals surface area contributed by atoms with Gasteiger partial charge in [0.2, 0.25) is 0 Å². The molecule has 124 valence electrons. The lowest BCUT2D eigenvalue weighted by atomic mass is 10.1. The zero-order valence-corrected chi connectivity index (χ0v) is 14.9. The van der Waals surface area contributed by atoms with Crippen molar-refractivity contribution in [1.82, 2.24) is 0 Å². The molecule has 1 amide bonds. The van der Waals surface area contributed by atoms with E-state index in [4.69, 9.17) is 16.3 Å². The predicted octanol–water partition coefficient (Wildman–Crippen LogP) is 5.92. The van der Waals surface area contributed by atoms with Gasteiger partial charge in [-0.25, -0.2) is 4.79 Å². The number of carbonyl (C=O) groups excluding carboxylic acids is 1. The molecule has 0 aliphatic carbocycles. The Morgan fingerprint density at radius 2 is 1.91 bits per heavy atom. The Labute approximate surface area is 139 Å². The van der Waals surface area contributed by atoms with Crippen molar-refractivity contribution >= 4 is 23.4 Å². The van der Waals surface area contributed by atoms with Gasteiger partial charge < -0.3 is 4.74 Å². The number of alkyl halides is 1. The minimum atomic E-state index is -0.431. The summed E-state index contributed by atoms with van der Waals surface area (Å²) < 4.78 is 5.10. The van der Waals surface area contributed by atoms with Gasteiger partial charge in [-0.15, -0.1) is 18.2 Å². The fraction of sp³-hybridized carbons (Fsp3) is 0.500. The summed E-state index contributed by atoms with van der Waals surface area (Å²) in [5.74, 6) is 0. The number of benzene rings is 1. The number of hydrogen-bond acceptors (Lipinski definition) is 2. The SMILES string of the molecule is C=C(C)CC(Cl)CCCOC(=O)Nc1ccc(C)cc1.CC. The van der Waals surface area contributed by atoms with Gasteiger partial charge in [0.1, 0.15) is 0 Å². The van der Waals surface area contributed by atoms with Crippen molar-refractivity contribution in [2.24, 2.45) is 0 Å². The Bertz CT molecular complexity index is 443. The van der Waals surface area contributed by atoms with E-state index in [1.807, 2.05) is 52.0 Å². The number of allylic oxidation sites excluding steroid dienone is 1. The second kappa shape index (κ2) is 12.1. The van der Waals surface area contributed by atoms with Crippen LogP contribution in [0, 0.1) is 6.92 Å². The Balaban J connectivity index is 0.00000211. The van der Waals surface area contributed by atoms with Gasteiger partial charge >= 0.3 is 6.09 Å². The Hall–Kier alpha value is -1.48. The Morgan fingerprint density at radius 1 is 1.32 bits per heavy atom. The number of anilines is 1. The van der Waals surface area contributed by atoms with E-state index in [0.717, 1.165) is 36.1 Å². The molecule has 0 radical (unpaired) electrons. The minimum absolute atomic E-state index is 0.0660. The highest BCUT2D eigenvalue weighted by molar-refractivity contribution is 6.20. The van der Waals surface area contributed by atoms with Crippen LogP contribution in [0.25, 0.3) is 0 Å². The molecule has 4 heteroatoms. The number of halogens is 1. The first-order valence-corrected chi connectivity index (χ1v) is 8.20. The summed E-state index contributed by atoms with van der Waals surface area (Å²) in [4.78, 5) is 11.5. The van der Waals surface area contributed by atoms with Gasteiger partial charge in [0.05, 0.1) is 6.61 Å². The van der Waals surface area contributed by atoms with E-state index < -0.39 is 6.09 Å². The smallest absolute Gasteiger partial charge is 0.411 e. The molecule has 1 atom stereocenters. The van der Waals surface area contributed by atoms with E-state index in [-0.39, 0.29) is 5.38 Å². The molecule has 0 aliphatic rings. The van der Waals surface area contributed by atoms with Gasteiger partial charge in [-0.1, -0.05) is 37.1 Å². The number of carbonyl (C=O) groups is 1. The zero-order chi connectivity index (χ0) is 17.0. The minimum Gasteiger partial charge on any atom is -0.449 e. The van der Waals surface area contributed by atoms with E-state index in [9.17, 15) is 4.79 Å². The molecule has 0 aliphatic heterocycles. The van der Waals surface area contributed by atoms with E-state index in [0.29, 0.717) is 6.61 Å². The molecule has 1 N–H and O–H groups in total. The summed E-state index contributed by atoms with van der Waals surface area (Å²) in [7, 11) is 0. The van der Waals surface area contributed by atoms with Crippen LogP contribution in [0.5, 0.6) is 0 Å². The van der Waals surface area contributed by atoms with Gasteiger partial charge in [-0.2, -0.15) is 0 Å². The van der Waals surface area contributed by atoms with Gasteiger partial charge in [0.15, 0.2) is 0 Å². The van der Waals surface area contributed by atoms with Crippen LogP contribution in [0.4, 0.5) is 10.5 Å². The number of ether oxygens (including phenoxy) is 1. The summed E-state index contributed by atoms with van der Waals surface area (Å²) in [5.41, 5.74) is 2.95. The summed E-state index contributed by atoms with van der Waals surface area (Å²) in [6.07, 6.45) is 1.94. The lowest BCUT2D eigenvalue weighted by Crippen LogP contribution is -2.15. The van der Waals surface area contributed by atoms with Crippen LogP contribution < -0.4 is 5.32 Å². The van der Waals surface area contributed by atoms with Crippen molar-refractivity contribution in [2.75, 3.05) is 11.9 Å². The maximum atomic E-state index is 11.5. The lowest BCUT2D eigenvalue weighted by Gasteiger charge is -2.10. The van der Waals surface area contributed by atoms with Crippen LogP contribution in [0.3, 0.4) is 0 Å². The Morgan fingerprint density at radius 3 is 2.45 bits per heavy atom. The molecule has 1 aromatic carbocycles. The highest BCUT2D eigenvalue weighted by Gasteiger charge is 2.06. The van der Waals surface area contributed by atoms with Crippen molar-refractivity contribution in [2.45, 2.75) is 52.3 Å². The molecule has 0 saturated heterocycles. The summed E-state index contributed by atoms with van der Waals surface area (Å²) in [6.45, 7) is 12.2. The fourth-order valence-corrected chi connectivity index (χ4v) is 2.16. The molecule has 0 saturated carbocycles. The third-order valence-electron chi connectivity index (χ3n) is 2.76. The average Bonchev–Trinajstić information content (AvgIpc) is 2.47. The molecule has 1 aromatic rings. The normalized spacial score (nSPS) is 11.0. The van der Waals surface area contributed by atoms with Crippen LogP contribution >= 0.6 is 11.6 Å². The second-order valence-corrected chi connectivity index (χ2v) is 5.64. The van der Waals surface area contributed by atoms with Crippen LogP contribution in [-0.4, -0.2) is 18.1 Å². The number of aryl methyl sites for hydroxylation is 1. The van der Waals surface area contributed by atoms with Gasteiger partial charge in [-0.05, 0) is 45.2 Å². The third kappa shape index (κ3) is 10.3. The van der Waals surface area contributed by atoms with E-state index in [1.165, 1.54) is 0 Å². The maximum absolute atomic E-state index is 11.5. The van der Waals surface area contributed by atoms with Crippen molar-refractivity contribution in [3.05, 3.63) is 42.0 Å². The standard InChI is InChI=1S/C16H22ClNO2.C2H6/c1-12(2)11-14(17)5-4-10-20-16(19)18-15-8-6-13(3)7-9-15;1-2/h6-9,14H,1,4-5,10-11H2,2-3H3,(H,18,19);1-2H3. The van der Waals surface area contributed by atoms with E-state index in [1.54, 1.807) is 0 Å². The van der Waals surface area contributed by atoms with Crippen molar-refractivity contribution < 1.29 is 9.53 Å². The van der Waals surface area contributed by atoms with Crippen molar-refractivity contribution in [3.8, 4) is 0 Å². The van der Waals surface area contributed by atoms with Crippen LogP contribution in [0.1, 0.15) is 45.6 Å². The number of nitrogens with one attached hydrogen (secondary N) is 1. The van der Waals surface area contributed by atoms with Gasteiger partial charge in [0.25, 0.3) is 0 Å². The first-order valence-electron chi connectivity index (χ1n) is 7.76. The topological polar surface area (TPSA) is 38.3 Å². The quantitative estimate of drug-likeness (QED) is 0.383. The van der Waals surface area contributed by atoms with Crippen LogP contribution in [0.15, 0.2) is 36.4 Å². The monoisotopic (exact) mass is 325 g/mol. The number of amides is 1. The zero-order valence-electron chi connectivity index (χ0n) is 14.1. The number of rotatable bonds is 7. The first kappa shape index (κ1) is 20.5. The molecular weight excluding hydrogens is 298 g/mol. The van der Waals surface area contributed by atoms with E-state index >= 15 is 0 Å². The van der Waals surface area contributed by atoms with Crippen LogP contribution in [-0.2, 0) is 4.74 Å². The summed E-state index contributed by atoms with van der Waals surface area (Å²) in [6, 6.07) is 7.56. The molecule has 3 nitrogen and oxygen atoms in total. The van der Waals surface area contributed by atoms with Gasteiger partial charge in [0, 0.05) is 11.1 Å². The predicted molar refractivity (Wildman–Crippen MR) is 95.8 cm³/mol. The molecular formula is C18H28ClNO2. The maximum Gasteiger partial charge on any atom is 0.411 e. The molecule has 0 fully saturated rings. The van der Waals surface area contributed by atoms with Crippen molar-refractivity contribution in [3.63, 3.8) is 0 Å². The molecule has 1 rings (SSSR count).